The Morgan fingerprint density at radius 1 is 1.04 bits per heavy atom. The van der Waals surface area contributed by atoms with Crippen LogP contribution in [0.15, 0.2) is 36.4 Å². The molecule has 2 aliphatic carbocycles. The summed E-state index contributed by atoms with van der Waals surface area (Å²) in [5.74, 6) is 0.420. The molecule has 2 aromatic rings. The van der Waals surface area contributed by atoms with Gasteiger partial charge in [-0.15, -0.1) is 0 Å². The molecule has 0 N–H and O–H groups in total. The molecule has 0 spiro atoms. The van der Waals surface area contributed by atoms with Crippen LogP contribution in [-0.4, -0.2) is 18.7 Å². The third-order valence-corrected chi connectivity index (χ3v) is 6.35. The van der Waals surface area contributed by atoms with Gasteiger partial charge in [0.05, 0.1) is 7.11 Å². The molecule has 2 aromatic carbocycles. The van der Waals surface area contributed by atoms with Crippen molar-refractivity contribution in [1.82, 2.24) is 0 Å². The van der Waals surface area contributed by atoms with Crippen LogP contribution in [0.3, 0.4) is 0 Å². The molecule has 0 aliphatic heterocycles. The van der Waals surface area contributed by atoms with Crippen molar-refractivity contribution < 1.29 is 14.3 Å². The number of halogens is 1. The number of rotatable bonds is 4. The lowest BCUT2D eigenvalue weighted by molar-refractivity contribution is -0.135. The van der Waals surface area contributed by atoms with E-state index >= 15 is 0 Å². The first-order chi connectivity index (χ1) is 13.0. The van der Waals surface area contributed by atoms with Crippen LogP contribution in [-0.2, 0) is 16.0 Å². The topological polar surface area (TPSA) is 43.4 Å². The average Bonchev–Trinajstić information content (AvgIpc) is 3.14. The zero-order valence-corrected chi connectivity index (χ0v) is 16.4. The summed E-state index contributed by atoms with van der Waals surface area (Å²) < 4.78 is 5.49. The van der Waals surface area contributed by atoms with Crippen LogP contribution in [0.5, 0.6) is 5.75 Å². The van der Waals surface area contributed by atoms with Crippen molar-refractivity contribution in [2.45, 2.75) is 38.5 Å². The zero-order chi connectivity index (χ0) is 19.1. The molecule has 2 aliphatic rings. The SMILES string of the molecule is CCc1ccc(-c2cc(Cl)ccc2OC)cc1C1C(=O)[C@@H]2CC[C@@H](C2)C1=O. The van der Waals surface area contributed by atoms with Crippen molar-refractivity contribution in [3.8, 4) is 16.9 Å². The third kappa shape index (κ3) is 3.08. The molecule has 2 saturated carbocycles. The van der Waals surface area contributed by atoms with Crippen molar-refractivity contribution >= 4 is 23.2 Å². The Labute approximate surface area is 164 Å². The highest BCUT2D eigenvalue weighted by Gasteiger charge is 2.47. The van der Waals surface area contributed by atoms with Crippen LogP contribution in [0.2, 0.25) is 5.02 Å². The molecular formula is C23H23ClO3. The molecule has 2 bridgehead atoms. The van der Waals surface area contributed by atoms with Gasteiger partial charge in [0, 0.05) is 22.4 Å². The number of fused-ring (bicyclic) bond motifs is 2. The van der Waals surface area contributed by atoms with E-state index in [1.165, 1.54) is 0 Å². The number of methoxy groups -OCH3 is 1. The van der Waals surface area contributed by atoms with E-state index in [0.29, 0.717) is 5.02 Å². The quantitative estimate of drug-likeness (QED) is 0.680. The molecular weight excluding hydrogens is 360 g/mol. The highest BCUT2D eigenvalue weighted by atomic mass is 35.5. The molecule has 0 heterocycles. The summed E-state index contributed by atoms with van der Waals surface area (Å²) in [6.07, 6.45) is 3.25. The number of benzene rings is 2. The monoisotopic (exact) mass is 382 g/mol. The second kappa shape index (κ2) is 7.12. The number of hydrogen-bond acceptors (Lipinski definition) is 3. The van der Waals surface area contributed by atoms with E-state index in [4.69, 9.17) is 16.3 Å². The zero-order valence-electron chi connectivity index (χ0n) is 15.6. The highest BCUT2D eigenvalue weighted by molar-refractivity contribution is 6.31. The van der Waals surface area contributed by atoms with Crippen LogP contribution in [0.25, 0.3) is 11.1 Å². The van der Waals surface area contributed by atoms with Gasteiger partial charge in [-0.3, -0.25) is 9.59 Å². The standard InChI is InChI=1S/C23H23ClO3/c1-3-13-4-5-14(18-12-17(24)8-9-20(18)27-2)11-19(13)21-22(25)15-6-7-16(10-15)23(21)26/h4-5,8-9,11-12,15-16,21H,3,6-7,10H2,1-2H3/t15-,16+,21?. The van der Waals surface area contributed by atoms with Gasteiger partial charge in [0.25, 0.3) is 0 Å². The van der Waals surface area contributed by atoms with E-state index < -0.39 is 5.92 Å². The van der Waals surface area contributed by atoms with Crippen molar-refractivity contribution in [1.29, 1.82) is 0 Å². The van der Waals surface area contributed by atoms with Crippen molar-refractivity contribution in [2.24, 2.45) is 11.8 Å². The van der Waals surface area contributed by atoms with E-state index in [0.717, 1.165) is 53.7 Å². The Morgan fingerprint density at radius 2 is 1.74 bits per heavy atom. The molecule has 140 valence electrons. The van der Waals surface area contributed by atoms with Crippen molar-refractivity contribution in [3.63, 3.8) is 0 Å². The molecule has 0 aromatic heterocycles. The lowest BCUT2D eigenvalue weighted by Gasteiger charge is -2.27. The second-order valence-electron chi connectivity index (χ2n) is 7.56. The minimum absolute atomic E-state index is 0.0479. The predicted octanol–water partition coefficient (Wildman–Crippen LogP) is 5.23. The van der Waals surface area contributed by atoms with Gasteiger partial charge >= 0.3 is 0 Å². The van der Waals surface area contributed by atoms with Gasteiger partial charge in [-0.2, -0.15) is 0 Å². The largest absolute Gasteiger partial charge is 0.496 e. The van der Waals surface area contributed by atoms with E-state index in [1.807, 2.05) is 30.3 Å². The molecule has 0 amide bonds. The fourth-order valence-electron chi connectivity index (χ4n) is 4.68. The maximum absolute atomic E-state index is 13.0. The summed E-state index contributed by atoms with van der Waals surface area (Å²) in [4.78, 5) is 26.0. The molecule has 2 fully saturated rings. The summed E-state index contributed by atoms with van der Waals surface area (Å²) in [7, 11) is 1.62. The summed E-state index contributed by atoms with van der Waals surface area (Å²) >= 11 is 6.20. The molecule has 3 nitrogen and oxygen atoms in total. The maximum atomic E-state index is 13.0. The van der Waals surface area contributed by atoms with E-state index in [1.54, 1.807) is 13.2 Å². The van der Waals surface area contributed by atoms with Crippen LogP contribution >= 0.6 is 11.6 Å². The van der Waals surface area contributed by atoms with Gasteiger partial charge < -0.3 is 4.74 Å². The maximum Gasteiger partial charge on any atom is 0.150 e. The molecule has 0 saturated heterocycles. The Morgan fingerprint density at radius 3 is 2.37 bits per heavy atom. The van der Waals surface area contributed by atoms with E-state index in [-0.39, 0.29) is 23.4 Å². The molecule has 4 heteroatoms. The van der Waals surface area contributed by atoms with Gasteiger partial charge in [0.1, 0.15) is 11.7 Å². The Hall–Kier alpha value is -2.13. The molecule has 4 rings (SSSR count). The summed E-state index contributed by atoms with van der Waals surface area (Å²) in [6.45, 7) is 2.06. The van der Waals surface area contributed by atoms with Crippen molar-refractivity contribution in [3.05, 3.63) is 52.5 Å². The number of aryl methyl sites for hydroxylation is 1. The first-order valence-electron chi connectivity index (χ1n) is 9.57. The number of carbonyl (C=O) groups is 2. The number of Topliss-reactive ketones (excluding diaryl/α,β-unsaturated/α-hetero) is 2. The number of carbonyl (C=O) groups excluding carboxylic acids is 2. The number of ether oxygens (including phenoxy) is 1. The van der Waals surface area contributed by atoms with Gasteiger partial charge in [0.15, 0.2) is 11.6 Å². The van der Waals surface area contributed by atoms with E-state index in [9.17, 15) is 9.59 Å². The summed E-state index contributed by atoms with van der Waals surface area (Å²) in [6, 6.07) is 11.5. The summed E-state index contributed by atoms with van der Waals surface area (Å²) in [5, 5.41) is 0.620. The molecule has 0 radical (unpaired) electrons. The smallest absolute Gasteiger partial charge is 0.150 e. The predicted molar refractivity (Wildman–Crippen MR) is 106 cm³/mol. The number of hydrogen-bond donors (Lipinski definition) is 0. The molecule has 1 unspecified atom stereocenters. The molecule has 27 heavy (non-hydrogen) atoms. The first-order valence-corrected chi connectivity index (χ1v) is 9.95. The van der Waals surface area contributed by atoms with Crippen LogP contribution < -0.4 is 4.74 Å². The molecule has 3 atom stereocenters. The van der Waals surface area contributed by atoms with Gasteiger partial charge in [0.2, 0.25) is 0 Å². The first kappa shape index (κ1) is 18.2. The van der Waals surface area contributed by atoms with Gasteiger partial charge in [-0.25, -0.2) is 0 Å². The Balaban J connectivity index is 1.84. The minimum Gasteiger partial charge on any atom is -0.496 e. The average molecular weight is 383 g/mol. The Bertz CT molecular complexity index is 896. The van der Waals surface area contributed by atoms with Crippen LogP contribution in [0, 0.1) is 11.8 Å². The lowest BCUT2D eigenvalue weighted by Crippen LogP contribution is -2.35. The lowest BCUT2D eigenvalue weighted by atomic mass is 9.73. The minimum atomic E-state index is -0.615. The summed E-state index contributed by atoms with van der Waals surface area (Å²) in [5.41, 5.74) is 3.71. The number of ketones is 2. The Kier molecular flexibility index (Phi) is 4.81. The fraction of sp³-hybridized carbons (Fsp3) is 0.391. The highest BCUT2D eigenvalue weighted by Crippen LogP contribution is 2.45. The van der Waals surface area contributed by atoms with Crippen molar-refractivity contribution in [2.75, 3.05) is 7.11 Å². The normalized spacial score (nSPS) is 24.3. The fourth-order valence-corrected chi connectivity index (χ4v) is 4.85. The van der Waals surface area contributed by atoms with Crippen LogP contribution in [0.4, 0.5) is 0 Å². The second-order valence-corrected chi connectivity index (χ2v) is 7.99. The van der Waals surface area contributed by atoms with E-state index in [2.05, 4.69) is 6.92 Å². The van der Waals surface area contributed by atoms with Crippen LogP contribution in [0.1, 0.15) is 43.2 Å². The van der Waals surface area contributed by atoms with Gasteiger partial charge in [-0.05, 0) is 66.6 Å². The third-order valence-electron chi connectivity index (χ3n) is 6.12. The van der Waals surface area contributed by atoms with Gasteiger partial charge in [-0.1, -0.05) is 30.7 Å².